The summed E-state index contributed by atoms with van der Waals surface area (Å²) in [5, 5.41) is 0.424. The Balaban J connectivity index is 2.26. The summed E-state index contributed by atoms with van der Waals surface area (Å²) in [6.45, 7) is 0.398. The van der Waals surface area contributed by atoms with E-state index in [1.807, 2.05) is 6.07 Å². The zero-order valence-electron chi connectivity index (χ0n) is 10.4. The highest BCUT2D eigenvalue weighted by Crippen LogP contribution is 2.26. The SMILES string of the molecule is CN(Cc1cccnc1)c1c(F)cc(CBr)cc1F. The molecule has 0 spiro atoms. The fraction of sp³-hybridized carbons (Fsp3) is 0.214. The average Bonchev–Trinajstić information content (AvgIpc) is 2.38. The molecule has 0 unspecified atom stereocenters. The second-order valence-electron chi connectivity index (χ2n) is 4.26. The minimum atomic E-state index is -0.555. The Morgan fingerprint density at radius 2 is 1.89 bits per heavy atom. The number of anilines is 1. The van der Waals surface area contributed by atoms with Crippen LogP contribution in [0.25, 0.3) is 0 Å². The molecule has 0 aliphatic rings. The van der Waals surface area contributed by atoms with E-state index in [9.17, 15) is 8.78 Å². The Morgan fingerprint density at radius 3 is 2.42 bits per heavy atom. The fourth-order valence-electron chi connectivity index (χ4n) is 1.90. The second-order valence-corrected chi connectivity index (χ2v) is 4.82. The Labute approximate surface area is 119 Å². The van der Waals surface area contributed by atoms with E-state index in [0.29, 0.717) is 17.4 Å². The summed E-state index contributed by atoms with van der Waals surface area (Å²) in [5.41, 5.74) is 1.45. The van der Waals surface area contributed by atoms with Crippen LogP contribution < -0.4 is 4.90 Å². The minimum absolute atomic E-state index is 0.0199. The van der Waals surface area contributed by atoms with E-state index in [4.69, 9.17) is 0 Å². The van der Waals surface area contributed by atoms with Gasteiger partial charge in [-0.1, -0.05) is 22.0 Å². The molecule has 2 nitrogen and oxygen atoms in total. The smallest absolute Gasteiger partial charge is 0.149 e. The maximum Gasteiger partial charge on any atom is 0.149 e. The first-order valence-electron chi connectivity index (χ1n) is 5.75. The number of pyridine rings is 1. The summed E-state index contributed by atoms with van der Waals surface area (Å²) in [5.74, 6) is -1.11. The van der Waals surface area contributed by atoms with Crippen molar-refractivity contribution in [3.63, 3.8) is 0 Å². The van der Waals surface area contributed by atoms with Gasteiger partial charge in [-0.25, -0.2) is 8.78 Å². The van der Waals surface area contributed by atoms with Gasteiger partial charge >= 0.3 is 0 Å². The van der Waals surface area contributed by atoms with Gasteiger partial charge in [-0.05, 0) is 29.3 Å². The highest BCUT2D eigenvalue weighted by atomic mass is 79.9. The third kappa shape index (κ3) is 3.29. The maximum absolute atomic E-state index is 13.9. The van der Waals surface area contributed by atoms with Crippen molar-refractivity contribution in [1.82, 2.24) is 4.98 Å². The molecule has 5 heteroatoms. The van der Waals surface area contributed by atoms with Crippen molar-refractivity contribution in [3.8, 4) is 0 Å². The lowest BCUT2D eigenvalue weighted by Crippen LogP contribution is -2.19. The molecule has 2 rings (SSSR count). The van der Waals surface area contributed by atoms with E-state index < -0.39 is 11.6 Å². The van der Waals surface area contributed by atoms with Crippen LogP contribution in [0.4, 0.5) is 14.5 Å². The van der Waals surface area contributed by atoms with Gasteiger partial charge in [0.05, 0.1) is 0 Å². The Hall–Kier alpha value is -1.49. The standard InChI is InChI=1S/C14H13BrF2N2/c1-19(9-10-3-2-4-18-8-10)14-12(16)5-11(7-15)6-13(14)17/h2-6,8H,7,9H2,1H3. The summed E-state index contributed by atoms with van der Waals surface area (Å²) in [7, 11) is 1.66. The number of nitrogens with zero attached hydrogens (tertiary/aromatic N) is 2. The normalized spacial score (nSPS) is 10.5. The van der Waals surface area contributed by atoms with E-state index in [1.165, 1.54) is 12.1 Å². The molecular formula is C14H13BrF2N2. The lowest BCUT2D eigenvalue weighted by atomic mass is 10.2. The zero-order valence-corrected chi connectivity index (χ0v) is 12.0. The Morgan fingerprint density at radius 1 is 1.21 bits per heavy atom. The van der Waals surface area contributed by atoms with Crippen molar-refractivity contribution in [1.29, 1.82) is 0 Å². The van der Waals surface area contributed by atoms with Crippen LogP contribution in [0.2, 0.25) is 0 Å². The van der Waals surface area contributed by atoms with Crippen LogP contribution in [-0.4, -0.2) is 12.0 Å². The Bertz CT molecular complexity index is 538. The Kier molecular flexibility index (Phi) is 4.47. The van der Waals surface area contributed by atoms with Gasteiger partial charge in [0.2, 0.25) is 0 Å². The van der Waals surface area contributed by atoms with E-state index in [2.05, 4.69) is 20.9 Å². The van der Waals surface area contributed by atoms with Gasteiger partial charge < -0.3 is 4.90 Å². The molecular weight excluding hydrogens is 314 g/mol. The minimum Gasteiger partial charge on any atom is -0.365 e. The molecule has 0 saturated carbocycles. The van der Waals surface area contributed by atoms with Crippen LogP contribution in [0.5, 0.6) is 0 Å². The number of halogens is 3. The third-order valence-electron chi connectivity index (χ3n) is 2.76. The first kappa shape index (κ1) is 13.9. The van der Waals surface area contributed by atoms with Crippen molar-refractivity contribution < 1.29 is 8.78 Å². The molecule has 1 aromatic carbocycles. The predicted octanol–water partition coefficient (Wildman–Crippen LogP) is 3.89. The summed E-state index contributed by atoms with van der Waals surface area (Å²) < 4.78 is 27.9. The van der Waals surface area contributed by atoms with Gasteiger partial charge in [0.1, 0.15) is 17.3 Å². The molecule has 0 aliphatic heterocycles. The summed E-state index contributed by atoms with van der Waals surface area (Å²) in [4.78, 5) is 5.52. The summed E-state index contributed by atoms with van der Waals surface area (Å²) in [6.07, 6.45) is 3.34. The van der Waals surface area contributed by atoms with Gasteiger partial charge in [0, 0.05) is 31.3 Å². The molecule has 100 valence electrons. The monoisotopic (exact) mass is 326 g/mol. The third-order valence-corrected chi connectivity index (χ3v) is 3.40. The maximum atomic E-state index is 13.9. The molecule has 0 atom stereocenters. The van der Waals surface area contributed by atoms with Crippen molar-refractivity contribution in [3.05, 3.63) is 59.4 Å². The molecule has 1 aromatic heterocycles. The van der Waals surface area contributed by atoms with Gasteiger partial charge in [-0.2, -0.15) is 0 Å². The quantitative estimate of drug-likeness (QED) is 0.792. The lowest BCUT2D eigenvalue weighted by molar-refractivity contribution is 0.574. The molecule has 0 radical (unpaired) electrons. The van der Waals surface area contributed by atoms with Crippen LogP contribution in [0.15, 0.2) is 36.7 Å². The average molecular weight is 327 g/mol. The second kappa shape index (κ2) is 6.10. The molecule has 1 heterocycles. The molecule has 0 saturated heterocycles. The van der Waals surface area contributed by atoms with E-state index >= 15 is 0 Å². The van der Waals surface area contributed by atoms with Gasteiger partial charge in [0.25, 0.3) is 0 Å². The number of alkyl halides is 1. The summed E-state index contributed by atoms with van der Waals surface area (Å²) in [6, 6.07) is 6.34. The molecule has 0 N–H and O–H groups in total. The first-order valence-corrected chi connectivity index (χ1v) is 6.88. The van der Waals surface area contributed by atoms with Crippen LogP contribution >= 0.6 is 15.9 Å². The number of hydrogen-bond acceptors (Lipinski definition) is 2. The van der Waals surface area contributed by atoms with Crippen LogP contribution in [-0.2, 0) is 11.9 Å². The van der Waals surface area contributed by atoms with E-state index in [-0.39, 0.29) is 5.69 Å². The molecule has 0 fully saturated rings. The van der Waals surface area contributed by atoms with Gasteiger partial charge in [-0.3, -0.25) is 4.98 Å². The number of rotatable bonds is 4. The molecule has 2 aromatic rings. The van der Waals surface area contributed by atoms with E-state index in [1.54, 1.807) is 30.4 Å². The molecule has 0 bridgehead atoms. The van der Waals surface area contributed by atoms with Crippen molar-refractivity contribution in [2.75, 3.05) is 11.9 Å². The van der Waals surface area contributed by atoms with Gasteiger partial charge in [0.15, 0.2) is 0 Å². The van der Waals surface area contributed by atoms with Crippen LogP contribution in [0.1, 0.15) is 11.1 Å². The highest BCUT2D eigenvalue weighted by Gasteiger charge is 2.15. The first-order chi connectivity index (χ1) is 9.11. The number of hydrogen-bond donors (Lipinski definition) is 0. The van der Waals surface area contributed by atoms with Crippen LogP contribution in [0.3, 0.4) is 0 Å². The van der Waals surface area contributed by atoms with E-state index in [0.717, 1.165) is 5.56 Å². The van der Waals surface area contributed by atoms with Crippen LogP contribution in [0, 0.1) is 11.6 Å². The number of benzene rings is 1. The fourth-order valence-corrected chi connectivity index (χ4v) is 2.23. The van der Waals surface area contributed by atoms with Gasteiger partial charge in [-0.15, -0.1) is 0 Å². The molecule has 0 amide bonds. The number of aromatic nitrogens is 1. The summed E-state index contributed by atoms with van der Waals surface area (Å²) >= 11 is 3.19. The molecule has 0 aliphatic carbocycles. The van der Waals surface area contributed by atoms with Crippen molar-refractivity contribution in [2.24, 2.45) is 0 Å². The topological polar surface area (TPSA) is 16.1 Å². The highest BCUT2D eigenvalue weighted by molar-refractivity contribution is 9.08. The predicted molar refractivity (Wildman–Crippen MR) is 75.3 cm³/mol. The van der Waals surface area contributed by atoms with Crippen molar-refractivity contribution >= 4 is 21.6 Å². The largest absolute Gasteiger partial charge is 0.365 e. The zero-order chi connectivity index (χ0) is 13.8. The lowest BCUT2D eigenvalue weighted by Gasteiger charge is -2.21. The molecule has 19 heavy (non-hydrogen) atoms. The van der Waals surface area contributed by atoms with Crippen molar-refractivity contribution in [2.45, 2.75) is 11.9 Å².